The lowest BCUT2D eigenvalue weighted by Gasteiger charge is -2.22. The lowest BCUT2D eigenvalue weighted by molar-refractivity contribution is 0.301. The van der Waals surface area contributed by atoms with E-state index in [1.807, 2.05) is 63.9 Å². The van der Waals surface area contributed by atoms with Gasteiger partial charge in [-0.2, -0.15) is 5.10 Å². The maximum Gasteiger partial charge on any atom is 0.264 e. The monoisotopic (exact) mass is 574 g/mol. The zero-order valence-corrected chi connectivity index (χ0v) is 24.3. The second-order valence-electron chi connectivity index (χ2n) is 11.5. The van der Waals surface area contributed by atoms with Gasteiger partial charge in [0.1, 0.15) is 28.4 Å². The van der Waals surface area contributed by atoms with Crippen molar-refractivity contribution in [1.29, 1.82) is 0 Å². The molecule has 9 heteroatoms. The fourth-order valence-electron chi connectivity index (χ4n) is 6.04. The van der Waals surface area contributed by atoms with Gasteiger partial charge < -0.3 is 10.5 Å². The summed E-state index contributed by atoms with van der Waals surface area (Å²) in [5, 5.41) is 8.00. The van der Waals surface area contributed by atoms with Gasteiger partial charge in [-0.3, -0.25) is 9.20 Å². The Hall–Kier alpha value is -4.50. The van der Waals surface area contributed by atoms with Gasteiger partial charge in [0.05, 0.1) is 23.1 Å². The first-order valence-electron chi connectivity index (χ1n) is 14.4. The number of hydrogen-bond acceptors (Lipinski definition) is 7. The second kappa shape index (κ2) is 9.52. The van der Waals surface area contributed by atoms with Gasteiger partial charge >= 0.3 is 0 Å². The molecule has 8 nitrogen and oxygen atoms in total. The van der Waals surface area contributed by atoms with Gasteiger partial charge in [0.15, 0.2) is 5.65 Å². The fourth-order valence-corrected chi connectivity index (χ4v) is 6.96. The van der Waals surface area contributed by atoms with E-state index in [4.69, 9.17) is 20.6 Å². The van der Waals surface area contributed by atoms with Crippen LogP contribution in [0, 0.1) is 19.8 Å². The Balaban J connectivity index is 1.37. The number of hydrogen-bond donors (Lipinski definition) is 1. The van der Waals surface area contributed by atoms with Crippen molar-refractivity contribution in [3.8, 4) is 28.1 Å². The van der Waals surface area contributed by atoms with Gasteiger partial charge in [0, 0.05) is 16.6 Å². The number of anilines is 1. The fraction of sp³-hybridized carbons (Fsp3) is 0.273. The Labute approximate surface area is 246 Å². The zero-order valence-electron chi connectivity index (χ0n) is 23.4. The molecule has 6 aromatic rings. The number of nitrogens with two attached hydrogens (primary N) is 1. The van der Waals surface area contributed by atoms with Crippen LogP contribution in [0.5, 0.6) is 5.75 Å². The number of fused-ring (bicyclic) bond motifs is 2. The minimum atomic E-state index is -0.190. The van der Waals surface area contributed by atoms with Crippen LogP contribution >= 0.6 is 11.3 Å². The lowest BCUT2D eigenvalue weighted by atomic mass is 9.93. The smallest absolute Gasteiger partial charge is 0.264 e. The summed E-state index contributed by atoms with van der Waals surface area (Å²) < 4.78 is 9.92. The van der Waals surface area contributed by atoms with Crippen molar-refractivity contribution in [3.05, 3.63) is 93.5 Å². The van der Waals surface area contributed by atoms with E-state index >= 15 is 0 Å². The highest BCUT2D eigenvalue weighted by atomic mass is 32.1. The summed E-state index contributed by atoms with van der Waals surface area (Å²) in [5.41, 5.74) is 13.4. The molecule has 210 valence electrons. The first-order valence-corrected chi connectivity index (χ1v) is 15.3. The summed E-state index contributed by atoms with van der Waals surface area (Å²) in [6, 6.07) is 18.1. The summed E-state index contributed by atoms with van der Waals surface area (Å²) in [4.78, 5) is 24.2. The van der Waals surface area contributed by atoms with Crippen LogP contribution in [-0.4, -0.2) is 30.3 Å². The summed E-state index contributed by atoms with van der Waals surface area (Å²) in [6.07, 6.45) is 6.14. The predicted octanol–water partition coefficient (Wildman–Crippen LogP) is 6.57. The number of nitrogens with zero attached hydrogens (tertiary/aromatic N) is 5. The van der Waals surface area contributed by atoms with Crippen molar-refractivity contribution in [2.45, 2.75) is 51.7 Å². The third-order valence-electron chi connectivity index (χ3n) is 8.41. The lowest BCUT2D eigenvalue weighted by Crippen LogP contribution is -2.23. The molecule has 1 atom stereocenters. The molecular formula is C33H30N6O2S. The molecule has 0 spiro atoms. The van der Waals surface area contributed by atoms with Crippen molar-refractivity contribution >= 4 is 33.0 Å². The molecule has 2 aliphatic rings. The quantitative estimate of drug-likeness (QED) is 0.231. The normalized spacial score (nSPS) is 15.9. The van der Waals surface area contributed by atoms with Crippen LogP contribution in [0.25, 0.3) is 38.2 Å². The highest BCUT2D eigenvalue weighted by Gasteiger charge is 2.39. The number of rotatable bonds is 7. The highest BCUT2D eigenvalue weighted by molar-refractivity contribution is 7.15. The number of aryl methyl sites for hydroxylation is 2. The van der Waals surface area contributed by atoms with Crippen molar-refractivity contribution in [2.75, 3.05) is 5.73 Å². The summed E-state index contributed by atoms with van der Waals surface area (Å²) in [5.74, 6) is 1.61. The first kappa shape index (κ1) is 25.2. The van der Waals surface area contributed by atoms with E-state index in [1.54, 1.807) is 11.3 Å². The van der Waals surface area contributed by atoms with Crippen molar-refractivity contribution in [3.63, 3.8) is 0 Å². The summed E-state index contributed by atoms with van der Waals surface area (Å²) in [7, 11) is 0. The largest absolute Gasteiger partial charge is 0.490 e. The number of aromatic nitrogens is 5. The molecule has 4 heterocycles. The van der Waals surface area contributed by atoms with E-state index in [9.17, 15) is 4.79 Å². The zero-order chi connectivity index (χ0) is 28.5. The molecule has 2 saturated carbocycles. The van der Waals surface area contributed by atoms with Gasteiger partial charge in [0.25, 0.3) is 5.56 Å². The van der Waals surface area contributed by atoms with Crippen LogP contribution in [0.2, 0.25) is 0 Å². The number of benzene rings is 2. The molecule has 0 aliphatic heterocycles. The maximum absolute atomic E-state index is 14.2. The Morgan fingerprint density at radius 1 is 1.00 bits per heavy atom. The highest BCUT2D eigenvalue weighted by Crippen LogP contribution is 2.48. The molecule has 0 saturated heterocycles. The van der Waals surface area contributed by atoms with E-state index in [1.165, 1.54) is 6.33 Å². The minimum Gasteiger partial charge on any atom is -0.490 e. The minimum absolute atomic E-state index is 0.00852. The van der Waals surface area contributed by atoms with E-state index in [0.29, 0.717) is 29.1 Å². The van der Waals surface area contributed by atoms with Crippen LogP contribution in [0.4, 0.5) is 5.82 Å². The number of ether oxygens (including phenoxy) is 1. The number of nitrogen functional groups attached to an aromatic ring is 1. The predicted molar refractivity (Wildman–Crippen MR) is 166 cm³/mol. The Morgan fingerprint density at radius 2 is 1.81 bits per heavy atom. The molecule has 2 N–H and O–H groups in total. The van der Waals surface area contributed by atoms with Crippen molar-refractivity contribution < 1.29 is 4.74 Å². The average molecular weight is 575 g/mol. The molecule has 0 bridgehead atoms. The van der Waals surface area contributed by atoms with Crippen LogP contribution < -0.4 is 16.0 Å². The molecule has 8 rings (SSSR count). The molecule has 4 aromatic heterocycles. The molecular weight excluding hydrogens is 544 g/mol. The molecule has 2 fully saturated rings. The average Bonchev–Trinajstić information content (AvgIpc) is 3.92. The molecule has 2 aliphatic carbocycles. The first-order chi connectivity index (χ1) is 20.5. The third kappa shape index (κ3) is 4.10. The second-order valence-corrected chi connectivity index (χ2v) is 12.4. The molecule has 0 radical (unpaired) electrons. The Kier molecular flexibility index (Phi) is 5.72. The summed E-state index contributed by atoms with van der Waals surface area (Å²) >= 11 is 1.59. The third-order valence-corrected chi connectivity index (χ3v) is 9.41. The standard InChI is InChI=1S/C33H30N6O2S/c1-18-14-22(10-13-25(18)41-23-11-12-23)29-28-31(34)35-17-36-32(28)39(37-29)30(21-8-9-21)24-15-26-38(19(2)16-42-26)33(40)27(24)20-6-4-3-5-7-20/h3-7,10,13-17,21,23,30H,8-9,11-12H2,1-2H3,(H2,34,35,36)/t30-/m0/s1. The van der Waals surface area contributed by atoms with Crippen LogP contribution in [0.3, 0.4) is 0 Å². The molecule has 0 amide bonds. The van der Waals surface area contributed by atoms with Crippen molar-refractivity contribution in [1.82, 2.24) is 24.1 Å². The molecule has 42 heavy (non-hydrogen) atoms. The van der Waals surface area contributed by atoms with Gasteiger partial charge in [-0.15, -0.1) is 11.3 Å². The topological polar surface area (TPSA) is 100 Å². The van der Waals surface area contributed by atoms with E-state index in [-0.39, 0.29) is 11.6 Å². The number of thiazole rings is 1. The SMILES string of the molecule is Cc1cc(-c2nn([C@H](c3cc4scc(C)n4c(=O)c3-c3ccccc3)C3CC3)c3ncnc(N)c23)ccc1OC1CC1. The Morgan fingerprint density at radius 3 is 2.55 bits per heavy atom. The van der Waals surface area contributed by atoms with Crippen LogP contribution in [0.15, 0.2) is 71.1 Å². The van der Waals surface area contributed by atoms with E-state index in [2.05, 4.69) is 24.0 Å². The van der Waals surface area contributed by atoms with Gasteiger partial charge in [-0.1, -0.05) is 30.3 Å². The van der Waals surface area contributed by atoms with Gasteiger partial charge in [-0.25, -0.2) is 14.6 Å². The van der Waals surface area contributed by atoms with Gasteiger partial charge in [0.2, 0.25) is 0 Å². The van der Waals surface area contributed by atoms with Crippen LogP contribution in [-0.2, 0) is 0 Å². The molecule has 2 aromatic carbocycles. The number of pyridine rings is 1. The Bertz CT molecular complexity index is 2050. The van der Waals surface area contributed by atoms with Gasteiger partial charge in [-0.05, 0) is 86.4 Å². The van der Waals surface area contributed by atoms with Crippen molar-refractivity contribution in [2.24, 2.45) is 5.92 Å². The summed E-state index contributed by atoms with van der Waals surface area (Å²) in [6.45, 7) is 4.04. The molecule has 0 unspecified atom stereocenters. The van der Waals surface area contributed by atoms with E-state index < -0.39 is 0 Å². The van der Waals surface area contributed by atoms with E-state index in [0.717, 1.165) is 75.3 Å². The maximum atomic E-state index is 14.2. The van der Waals surface area contributed by atoms with Crippen LogP contribution in [0.1, 0.15) is 48.5 Å².